The molecule has 0 saturated carbocycles. The molecular weight excluding hydrogens is 317 g/mol. The molecule has 0 bridgehead atoms. The van der Waals surface area contributed by atoms with E-state index in [0.29, 0.717) is 11.1 Å². The van der Waals surface area contributed by atoms with Gasteiger partial charge in [0.2, 0.25) is 5.91 Å². The van der Waals surface area contributed by atoms with E-state index in [-0.39, 0.29) is 6.42 Å². The van der Waals surface area contributed by atoms with E-state index in [4.69, 9.17) is 5.73 Å². The molecule has 24 heavy (non-hydrogen) atoms. The smallest absolute Gasteiger partial charge is 0.342 e. The number of halogens is 3. The maximum Gasteiger partial charge on any atom is 0.408 e. The molecule has 0 fully saturated rings. The maximum absolute atomic E-state index is 13.2. The van der Waals surface area contributed by atoms with Crippen LogP contribution in [0, 0.1) is 6.92 Å². The van der Waals surface area contributed by atoms with Crippen LogP contribution in [0.3, 0.4) is 0 Å². The summed E-state index contributed by atoms with van der Waals surface area (Å²) in [6, 6.07) is 11.9. The Morgan fingerprint density at radius 1 is 1.08 bits per heavy atom. The number of rotatable bonds is 5. The van der Waals surface area contributed by atoms with Crippen molar-refractivity contribution in [2.45, 2.75) is 31.6 Å². The first-order valence-electron chi connectivity index (χ1n) is 7.50. The molecule has 2 unspecified atom stereocenters. The minimum atomic E-state index is -4.56. The van der Waals surface area contributed by atoms with Gasteiger partial charge in [-0.15, -0.1) is 0 Å². The molecule has 0 saturated heterocycles. The van der Waals surface area contributed by atoms with Crippen LogP contribution in [0.1, 0.15) is 22.7 Å². The van der Waals surface area contributed by atoms with Gasteiger partial charge in [-0.1, -0.05) is 60.2 Å². The molecule has 0 spiro atoms. The summed E-state index contributed by atoms with van der Waals surface area (Å²) in [6.07, 6.45) is -4.89. The molecule has 0 aromatic heterocycles. The van der Waals surface area contributed by atoms with Gasteiger partial charge in [-0.2, -0.15) is 13.2 Å². The third-order valence-corrected chi connectivity index (χ3v) is 3.71. The fourth-order valence-electron chi connectivity index (χ4n) is 2.29. The van der Waals surface area contributed by atoms with Crippen molar-refractivity contribution in [3.8, 4) is 0 Å². The quantitative estimate of drug-likeness (QED) is 0.880. The number of hydrogen-bond donors (Lipinski definition) is 2. The summed E-state index contributed by atoms with van der Waals surface area (Å²) in [5.74, 6) is -0.850. The van der Waals surface area contributed by atoms with Crippen LogP contribution in [-0.4, -0.2) is 18.1 Å². The summed E-state index contributed by atoms with van der Waals surface area (Å²) in [5, 5.41) is 2.03. The molecule has 3 nitrogen and oxygen atoms in total. The highest BCUT2D eigenvalue weighted by Crippen LogP contribution is 2.24. The van der Waals surface area contributed by atoms with E-state index >= 15 is 0 Å². The largest absolute Gasteiger partial charge is 0.408 e. The predicted molar refractivity (Wildman–Crippen MR) is 86.2 cm³/mol. The number of nitrogens with two attached hydrogens (primary N) is 1. The van der Waals surface area contributed by atoms with E-state index in [1.165, 1.54) is 0 Å². The number of alkyl halides is 3. The number of nitrogens with one attached hydrogen (secondary N) is 1. The van der Waals surface area contributed by atoms with Crippen LogP contribution in [0.5, 0.6) is 0 Å². The summed E-state index contributed by atoms with van der Waals surface area (Å²) in [7, 11) is 0. The second-order valence-electron chi connectivity index (χ2n) is 5.68. The highest BCUT2D eigenvalue weighted by molar-refractivity contribution is 5.83. The number of carbonyl (C=O) groups excluding carboxylic acids is 1. The van der Waals surface area contributed by atoms with E-state index in [0.717, 1.165) is 5.56 Å². The van der Waals surface area contributed by atoms with Gasteiger partial charge >= 0.3 is 6.18 Å². The monoisotopic (exact) mass is 336 g/mol. The highest BCUT2D eigenvalue weighted by atomic mass is 19.4. The molecule has 0 aliphatic carbocycles. The first kappa shape index (κ1) is 18.0. The molecule has 0 aliphatic heterocycles. The second kappa shape index (κ2) is 7.49. The maximum atomic E-state index is 13.2. The lowest BCUT2D eigenvalue weighted by atomic mass is 10.0. The first-order valence-corrected chi connectivity index (χ1v) is 7.50. The van der Waals surface area contributed by atoms with Crippen molar-refractivity contribution in [3.63, 3.8) is 0 Å². The molecule has 0 aliphatic rings. The van der Waals surface area contributed by atoms with Gasteiger partial charge in [0, 0.05) is 6.42 Å². The molecule has 2 rings (SSSR count). The molecule has 2 atom stereocenters. The molecule has 1 amide bonds. The van der Waals surface area contributed by atoms with Crippen molar-refractivity contribution in [2.24, 2.45) is 5.73 Å². The Balaban J connectivity index is 2.11. The summed E-state index contributed by atoms with van der Waals surface area (Å²) in [6.45, 7) is 1.87. The van der Waals surface area contributed by atoms with Crippen LogP contribution >= 0.6 is 0 Å². The number of hydrogen-bond acceptors (Lipinski definition) is 2. The van der Waals surface area contributed by atoms with Crippen LogP contribution in [0.15, 0.2) is 54.6 Å². The van der Waals surface area contributed by atoms with Crippen molar-refractivity contribution < 1.29 is 18.0 Å². The summed E-state index contributed by atoms with van der Waals surface area (Å²) in [5.41, 5.74) is 7.73. The molecule has 6 heteroatoms. The fraction of sp³-hybridized carbons (Fsp3) is 0.278. The summed E-state index contributed by atoms with van der Waals surface area (Å²) >= 11 is 0. The van der Waals surface area contributed by atoms with Gasteiger partial charge in [0.25, 0.3) is 0 Å². The van der Waals surface area contributed by atoms with E-state index in [1.807, 2.05) is 12.2 Å². The Hall–Kier alpha value is -2.34. The number of carbonyl (C=O) groups is 1. The van der Waals surface area contributed by atoms with Gasteiger partial charge in [-0.05, 0) is 18.1 Å². The zero-order valence-electron chi connectivity index (χ0n) is 13.2. The van der Waals surface area contributed by atoms with Crippen LogP contribution in [0.2, 0.25) is 0 Å². The van der Waals surface area contributed by atoms with E-state index < -0.39 is 24.2 Å². The van der Waals surface area contributed by atoms with Crippen LogP contribution in [-0.2, 0) is 11.2 Å². The van der Waals surface area contributed by atoms with E-state index in [9.17, 15) is 18.0 Å². The van der Waals surface area contributed by atoms with Crippen LogP contribution in [0.4, 0.5) is 13.2 Å². The van der Waals surface area contributed by atoms with Crippen LogP contribution in [0.25, 0.3) is 0 Å². The summed E-state index contributed by atoms with van der Waals surface area (Å²) < 4.78 is 39.7. The van der Waals surface area contributed by atoms with Crippen molar-refractivity contribution in [1.29, 1.82) is 0 Å². The lowest BCUT2D eigenvalue weighted by Crippen LogP contribution is -2.49. The fourth-order valence-corrected chi connectivity index (χ4v) is 2.29. The molecule has 3 N–H and O–H groups in total. The van der Waals surface area contributed by atoms with Gasteiger partial charge in [0.15, 0.2) is 0 Å². The van der Waals surface area contributed by atoms with Crippen LogP contribution < -0.4 is 11.1 Å². The number of benzene rings is 2. The SMILES string of the molecule is Cc1ccc(C(N)C(=O)NC(Cc2ccccc2)C(F)(F)F)cc1. The minimum Gasteiger partial charge on any atom is -0.342 e. The molecule has 0 heterocycles. The Morgan fingerprint density at radius 3 is 2.21 bits per heavy atom. The average molecular weight is 336 g/mol. The Labute approximate surface area is 138 Å². The number of amides is 1. The zero-order chi connectivity index (χ0) is 17.7. The van der Waals surface area contributed by atoms with Gasteiger partial charge in [0.1, 0.15) is 12.1 Å². The van der Waals surface area contributed by atoms with Crippen molar-refractivity contribution >= 4 is 5.91 Å². The van der Waals surface area contributed by atoms with Crippen molar-refractivity contribution in [1.82, 2.24) is 5.32 Å². The van der Waals surface area contributed by atoms with Gasteiger partial charge in [0.05, 0.1) is 0 Å². The number of aryl methyl sites for hydroxylation is 1. The Kier molecular flexibility index (Phi) is 5.62. The van der Waals surface area contributed by atoms with Gasteiger partial charge in [-0.25, -0.2) is 0 Å². The Bertz CT molecular complexity index is 669. The Morgan fingerprint density at radius 2 is 1.67 bits per heavy atom. The lowest BCUT2D eigenvalue weighted by Gasteiger charge is -2.23. The lowest BCUT2D eigenvalue weighted by molar-refractivity contribution is -0.161. The standard InChI is InChI=1S/C18H19F3N2O/c1-12-7-9-14(10-8-12)16(22)17(24)23-15(18(19,20)21)11-13-5-3-2-4-6-13/h2-10,15-16H,11,22H2,1H3,(H,23,24). The van der Waals surface area contributed by atoms with Gasteiger partial charge in [-0.3, -0.25) is 4.79 Å². The first-order chi connectivity index (χ1) is 11.3. The van der Waals surface area contributed by atoms with Crippen molar-refractivity contribution in [2.75, 3.05) is 0 Å². The van der Waals surface area contributed by atoms with E-state index in [1.54, 1.807) is 54.6 Å². The molecule has 2 aromatic carbocycles. The normalized spacial score (nSPS) is 14.0. The predicted octanol–water partition coefficient (Wildman–Crippen LogP) is 3.28. The second-order valence-corrected chi connectivity index (χ2v) is 5.68. The molecule has 128 valence electrons. The van der Waals surface area contributed by atoms with Gasteiger partial charge < -0.3 is 11.1 Å². The molecular formula is C18H19F3N2O. The molecule has 2 aromatic rings. The van der Waals surface area contributed by atoms with Crippen molar-refractivity contribution in [3.05, 3.63) is 71.3 Å². The van der Waals surface area contributed by atoms with E-state index in [2.05, 4.69) is 0 Å². The third kappa shape index (κ3) is 4.83. The molecule has 0 radical (unpaired) electrons. The average Bonchev–Trinajstić information content (AvgIpc) is 2.54. The minimum absolute atomic E-state index is 0.337. The topological polar surface area (TPSA) is 55.1 Å². The zero-order valence-corrected chi connectivity index (χ0v) is 13.2. The third-order valence-electron chi connectivity index (χ3n) is 3.71. The summed E-state index contributed by atoms with van der Waals surface area (Å²) in [4.78, 5) is 12.1. The highest BCUT2D eigenvalue weighted by Gasteiger charge is 2.41.